The molecule has 2 aliphatic heterocycles. The lowest BCUT2D eigenvalue weighted by Crippen LogP contribution is -2.56. The molecule has 0 bridgehead atoms. The van der Waals surface area contributed by atoms with Crippen molar-refractivity contribution in [3.05, 3.63) is 47.5 Å². The molecule has 0 atom stereocenters. The fraction of sp³-hybridized carbons (Fsp3) is 0.440. The highest BCUT2D eigenvalue weighted by atomic mass is 79.9. The summed E-state index contributed by atoms with van der Waals surface area (Å²) in [6.45, 7) is 14.1. The summed E-state index contributed by atoms with van der Waals surface area (Å²) >= 11 is 3.45. The van der Waals surface area contributed by atoms with Crippen LogP contribution in [0, 0.1) is 12.8 Å². The highest BCUT2D eigenvalue weighted by Gasteiger charge is 2.28. The number of terminal acetylenes is 1. The number of imidazole rings is 1. The summed E-state index contributed by atoms with van der Waals surface area (Å²) < 4.78 is 8.02. The monoisotopic (exact) mass is 514 g/mol. The Labute approximate surface area is 206 Å². The number of hydrogen-bond acceptors (Lipinski definition) is 6. The van der Waals surface area contributed by atoms with Crippen molar-refractivity contribution in [2.24, 2.45) is 0 Å². The average molecular weight is 516 g/mol. The second-order valence-electron chi connectivity index (χ2n) is 6.96. The van der Waals surface area contributed by atoms with Gasteiger partial charge in [0.1, 0.15) is 4.60 Å². The smallest absolute Gasteiger partial charge is 0.180 e. The molecule has 5 rings (SSSR count). The Bertz CT molecular complexity index is 975. The van der Waals surface area contributed by atoms with Gasteiger partial charge in [-0.15, -0.1) is 12.8 Å². The third-order valence-electron chi connectivity index (χ3n) is 5.29. The van der Waals surface area contributed by atoms with Gasteiger partial charge in [0.15, 0.2) is 11.5 Å². The average Bonchev–Trinajstić information content (AvgIpc) is 3.32. The van der Waals surface area contributed by atoms with E-state index in [0.29, 0.717) is 6.04 Å². The highest BCUT2D eigenvalue weighted by molar-refractivity contribution is 9.10. The zero-order valence-electron chi connectivity index (χ0n) is 20.0. The Morgan fingerprint density at radius 1 is 1.00 bits per heavy atom. The lowest BCUT2D eigenvalue weighted by atomic mass is 10.1. The number of nitrogens with one attached hydrogen (secondary N) is 1. The van der Waals surface area contributed by atoms with E-state index in [1.54, 1.807) is 6.20 Å². The van der Waals surface area contributed by atoms with Gasteiger partial charge < -0.3 is 19.4 Å². The molecule has 0 unspecified atom stereocenters. The Morgan fingerprint density at radius 2 is 1.64 bits per heavy atom. The number of rotatable bonds is 4. The van der Waals surface area contributed by atoms with E-state index in [2.05, 4.69) is 78.1 Å². The van der Waals surface area contributed by atoms with Gasteiger partial charge in [-0.05, 0) is 40.2 Å². The van der Waals surface area contributed by atoms with Crippen molar-refractivity contribution in [1.82, 2.24) is 19.3 Å². The Morgan fingerprint density at radius 3 is 2.21 bits per heavy atom. The Kier molecular flexibility index (Phi) is 11.2. The van der Waals surface area contributed by atoms with Crippen LogP contribution >= 0.6 is 15.9 Å². The molecule has 2 saturated heterocycles. The highest BCUT2D eigenvalue weighted by Crippen LogP contribution is 2.25. The van der Waals surface area contributed by atoms with Gasteiger partial charge in [0, 0.05) is 56.1 Å². The predicted molar refractivity (Wildman–Crippen MR) is 141 cm³/mol. The maximum atomic E-state index is 5.31. The van der Waals surface area contributed by atoms with Crippen LogP contribution in [-0.2, 0) is 4.74 Å². The van der Waals surface area contributed by atoms with Crippen molar-refractivity contribution >= 4 is 38.8 Å². The number of halogens is 1. The zero-order chi connectivity index (χ0) is 24.2. The maximum absolute atomic E-state index is 5.31. The molecule has 7 nitrogen and oxygen atoms in total. The molecule has 8 heteroatoms. The topological polar surface area (TPSA) is 57.9 Å². The van der Waals surface area contributed by atoms with Gasteiger partial charge in [0.05, 0.1) is 19.3 Å². The first-order valence-corrected chi connectivity index (χ1v) is 12.3. The summed E-state index contributed by atoms with van der Waals surface area (Å²) in [7, 11) is 0. The van der Waals surface area contributed by atoms with Gasteiger partial charge >= 0.3 is 0 Å². The summed E-state index contributed by atoms with van der Waals surface area (Å²) in [5.74, 6) is 0.735. The van der Waals surface area contributed by atoms with Crippen LogP contribution in [0.2, 0.25) is 0 Å². The van der Waals surface area contributed by atoms with Crippen molar-refractivity contribution in [2.45, 2.75) is 33.7 Å². The summed E-state index contributed by atoms with van der Waals surface area (Å²) in [6, 6.07) is 9.18. The molecular weight excluding hydrogens is 480 g/mol. The number of fused-ring (bicyclic) bond motifs is 1. The second-order valence-corrected chi connectivity index (χ2v) is 7.77. The molecule has 0 spiro atoms. The van der Waals surface area contributed by atoms with Gasteiger partial charge in [-0.25, -0.2) is 9.97 Å². The van der Waals surface area contributed by atoms with Crippen LogP contribution in [0.1, 0.15) is 27.7 Å². The number of hydrogen-bond donors (Lipinski definition) is 1. The summed E-state index contributed by atoms with van der Waals surface area (Å²) in [6.07, 6.45) is 13.6. The summed E-state index contributed by atoms with van der Waals surface area (Å²) in [4.78, 5) is 13.9. The third-order valence-corrected chi connectivity index (χ3v) is 5.67. The molecule has 1 aromatic carbocycles. The lowest BCUT2D eigenvalue weighted by molar-refractivity contribution is -0.0660. The van der Waals surface area contributed by atoms with Crippen LogP contribution in [0.5, 0.6) is 0 Å². The van der Waals surface area contributed by atoms with E-state index >= 15 is 0 Å². The fourth-order valence-corrected chi connectivity index (χ4v) is 4.05. The van der Waals surface area contributed by atoms with Gasteiger partial charge in [-0.3, -0.25) is 4.90 Å². The quantitative estimate of drug-likeness (QED) is 0.491. The zero-order valence-corrected chi connectivity index (χ0v) is 21.6. The molecule has 0 radical (unpaired) electrons. The van der Waals surface area contributed by atoms with Crippen LogP contribution in [-0.4, -0.2) is 64.7 Å². The predicted octanol–water partition coefficient (Wildman–Crippen LogP) is 5.06. The standard InChI is InChI=1S/C19H21BrN6O.2C2H6.C2H2/c20-17-11-26-6-5-21-19(26)18(23-17)22-14-1-3-15(4-2-14)24-7-9-25(10-8-24)16-12-27-13-16;3*1-2/h1-6,11,16H,7-10,12-13H2,(H,22,23);2*1-2H3;1-2H. The molecule has 0 amide bonds. The first-order chi connectivity index (χ1) is 16.3. The number of aromatic nitrogens is 3. The van der Waals surface area contributed by atoms with E-state index in [4.69, 9.17) is 4.74 Å². The molecule has 0 saturated carbocycles. The van der Waals surface area contributed by atoms with Gasteiger partial charge in [-0.1, -0.05) is 27.7 Å². The molecule has 178 valence electrons. The number of piperazine rings is 1. The Hall–Kier alpha value is -2.60. The van der Waals surface area contributed by atoms with Gasteiger partial charge in [-0.2, -0.15) is 0 Å². The first kappa shape index (κ1) is 26.7. The number of ether oxygens (including phenoxy) is 1. The van der Waals surface area contributed by atoms with E-state index in [-0.39, 0.29) is 0 Å². The molecule has 3 aromatic rings. The minimum Gasteiger partial charge on any atom is -0.378 e. The van der Waals surface area contributed by atoms with Crippen LogP contribution in [0.15, 0.2) is 47.5 Å². The molecule has 33 heavy (non-hydrogen) atoms. The van der Waals surface area contributed by atoms with Crippen LogP contribution < -0.4 is 10.2 Å². The fourth-order valence-electron chi connectivity index (χ4n) is 3.66. The van der Waals surface area contributed by atoms with Crippen molar-refractivity contribution in [3.63, 3.8) is 0 Å². The number of nitrogens with zero attached hydrogens (tertiary/aromatic N) is 5. The molecule has 1 N–H and O–H groups in total. The van der Waals surface area contributed by atoms with E-state index in [0.717, 1.165) is 61.1 Å². The van der Waals surface area contributed by atoms with Crippen LogP contribution in [0.3, 0.4) is 0 Å². The van der Waals surface area contributed by atoms with Crippen LogP contribution in [0.25, 0.3) is 5.65 Å². The lowest BCUT2D eigenvalue weighted by Gasteiger charge is -2.43. The number of benzene rings is 1. The van der Waals surface area contributed by atoms with Crippen molar-refractivity contribution in [2.75, 3.05) is 49.6 Å². The van der Waals surface area contributed by atoms with E-state index in [1.165, 1.54) is 5.69 Å². The minimum atomic E-state index is 0.635. The van der Waals surface area contributed by atoms with Crippen molar-refractivity contribution in [1.29, 1.82) is 0 Å². The maximum Gasteiger partial charge on any atom is 0.180 e. The molecule has 2 fully saturated rings. The largest absolute Gasteiger partial charge is 0.378 e. The van der Waals surface area contributed by atoms with E-state index in [9.17, 15) is 0 Å². The van der Waals surface area contributed by atoms with Crippen molar-refractivity contribution < 1.29 is 4.74 Å². The van der Waals surface area contributed by atoms with Crippen LogP contribution in [0.4, 0.5) is 17.2 Å². The van der Waals surface area contributed by atoms with E-state index < -0.39 is 0 Å². The molecule has 2 aromatic heterocycles. The third kappa shape index (κ3) is 6.70. The van der Waals surface area contributed by atoms with Crippen molar-refractivity contribution in [3.8, 4) is 12.8 Å². The van der Waals surface area contributed by atoms with Gasteiger partial charge in [0.25, 0.3) is 0 Å². The molecule has 4 heterocycles. The normalized spacial score (nSPS) is 15.7. The molecule has 0 aliphatic carbocycles. The number of anilines is 3. The SMILES string of the molecule is Brc1cn2ccnc2c(Nc2ccc(N3CCN(C4COC4)CC3)cc2)n1.C#C.CC.CC. The van der Waals surface area contributed by atoms with E-state index in [1.807, 2.05) is 44.5 Å². The van der Waals surface area contributed by atoms with Gasteiger partial charge in [0.2, 0.25) is 0 Å². The first-order valence-electron chi connectivity index (χ1n) is 11.5. The summed E-state index contributed by atoms with van der Waals surface area (Å²) in [5.41, 5.74) is 3.07. The Balaban J connectivity index is 0.000000597. The second kappa shape index (κ2) is 13.8. The molecule has 2 aliphatic rings. The molecular formula is C25H35BrN6O. The minimum absolute atomic E-state index is 0.635. The summed E-state index contributed by atoms with van der Waals surface area (Å²) in [5, 5.41) is 3.38.